The van der Waals surface area contributed by atoms with E-state index in [0.717, 1.165) is 38.6 Å². The maximum Gasteiger partial charge on any atom is 0.158 e. The van der Waals surface area contributed by atoms with Gasteiger partial charge < -0.3 is 10.1 Å². The van der Waals surface area contributed by atoms with Crippen molar-refractivity contribution in [2.75, 3.05) is 6.54 Å². The molecular weight excluding hydrogens is 238 g/mol. The van der Waals surface area contributed by atoms with E-state index < -0.39 is 0 Å². The van der Waals surface area contributed by atoms with E-state index in [9.17, 15) is 4.79 Å². The van der Waals surface area contributed by atoms with Crippen LogP contribution in [0.2, 0.25) is 0 Å². The Morgan fingerprint density at radius 2 is 2.00 bits per heavy atom. The van der Waals surface area contributed by atoms with Gasteiger partial charge in [-0.15, -0.1) is 0 Å². The van der Waals surface area contributed by atoms with Crippen molar-refractivity contribution in [2.45, 2.75) is 83.5 Å². The van der Waals surface area contributed by atoms with Crippen molar-refractivity contribution in [2.24, 2.45) is 5.92 Å². The zero-order valence-corrected chi connectivity index (χ0v) is 13.1. The average molecular weight is 267 g/mol. The lowest BCUT2D eigenvalue weighted by Gasteiger charge is -2.34. The first kappa shape index (κ1) is 15.0. The number of Topliss-reactive ketones (excluding diaryl/α,β-unsaturated/α-hetero) is 1. The van der Waals surface area contributed by atoms with E-state index in [1.54, 1.807) is 0 Å². The summed E-state index contributed by atoms with van der Waals surface area (Å²) in [4.78, 5) is 13.1. The molecule has 110 valence electrons. The number of rotatable bonds is 4. The quantitative estimate of drug-likeness (QED) is 0.850. The predicted octanol–water partition coefficient (Wildman–Crippen LogP) is 3.07. The third-order valence-corrected chi connectivity index (χ3v) is 4.78. The molecule has 0 spiro atoms. The van der Waals surface area contributed by atoms with Crippen LogP contribution < -0.4 is 5.32 Å². The molecule has 0 saturated carbocycles. The summed E-state index contributed by atoms with van der Waals surface area (Å²) in [5.41, 5.74) is -0.804. The van der Waals surface area contributed by atoms with Gasteiger partial charge >= 0.3 is 0 Å². The first-order valence-corrected chi connectivity index (χ1v) is 7.72. The van der Waals surface area contributed by atoms with Crippen molar-refractivity contribution in [3.05, 3.63) is 0 Å². The average Bonchev–Trinajstić information content (AvgIpc) is 2.81. The van der Waals surface area contributed by atoms with Crippen molar-refractivity contribution < 1.29 is 9.53 Å². The maximum atomic E-state index is 13.1. The zero-order valence-electron chi connectivity index (χ0n) is 13.1. The number of carbonyl (C=O) groups excluding carboxylic acids is 1. The minimum Gasteiger partial charge on any atom is -0.369 e. The number of ether oxygens (including phenoxy) is 1. The fourth-order valence-electron chi connectivity index (χ4n) is 4.08. The third-order valence-electron chi connectivity index (χ3n) is 4.78. The highest BCUT2D eigenvalue weighted by Crippen LogP contribution is 2.45. The molecule has 0 bridgehead atoms. The fourth-order valence-corrected chi connectivity index (χ4v) is 4.08. The van der Waals surface area contributed by atoms with Crippen molar-refractivity contribution in [1.82, 2.24) is 5.32 Å². The number of ketones is 1. The molecule has 3 nitrogen and oxygen atoms in total. The van der Waals surface area contributed by atoms with Crippen LogP contribution in [0.15, 0.2) is 0 Å². The molecule has 19 heavy (non-hydrogen) atoms. The normalized spacial score (nSPS) is 36.6. The molecule has 0 aromatic rings. The van der Waals surface area contributed by atoms with Gasteiger partial charge in [0.25, 0.3) is 0 Å². The fraction of sp³-hybridized carbons (Fsp3) is 0.938. The Kier molecular flexibility index (Phi) is 3.83. The Morgan fingerprint density at radius 3 is 2.42 bits per heavy atom. The second-order valence-corrected chi connectivity index (χ2v) is 7.45. The molecule has 2 atom stereocenters. The molecule has 0 aliphatic carbocycles. The number of hydrogen-bond donors (Lipinski definition) is 1. The first-order valence-electron chi connectivity index (χ1n) is 7.72. The Morgan fingerprint density at radius 1 is 1.32 bits per heavy atom. The van der Waals surface area contributed by atoms with E-state index in [0.29, 0.717) is 5.78 Å². The van der Waals surface area contributed by atoms with Gasteiger partial charge in [0.15, 0.2) is 5.78 Å². The number of carbonyl (C=O) groups is 1. The highest BCUT2D eigenvalue weighted by Gasteiger charge is 2.54. The molecule has 2 heterocycles. The molecule has 0 radical (unpaired) electrons. The second-order valence-electron chi connectivity index (χ2n) is 7.45. The summed E-state index contributed by atoms with van der Waals surface area (Å²) in [7, 11) is 0. The van der Waals surface area contributed by atoms with E-state index in [2.05, 4.69) is 39.9 Å². The van der Waals surface area contributed by atoms with E-state index >= 15 is 0 Å². The van der Waals surface area contributed by atoms with Crippen LogP contribution in [0.25, 0.3) is 0 Å². The minimum absolute atomic E-state index is 0.0136. The first-order chi connectivity index (χ1) is 8.72. The molecule has 2 rings (SSSR count). The lowest BCUT2D eigenvalue weighted by molar-refractivity contribution is -0.135. The molecule has 2 unspecified atom stereocenters. The Balaban J connectivity index is 2.23. The lowest BCUT2D eigenvalue weighted by Crippen LogP contribution is -2.53. The summed E-state index contributed by atoms with van der Waals surface area (Å²) in [5.74, 6) is 0.405. The van der Waals surface area contributed by atoms with Crippen molar-refractivity contribution in [3.8, 4) is 0 Å². The maximum absolute atomic E-state index is 13.1. The van der Waals surface area contributed by atoms with Gasteiger partial charge in [-0.25, -0.2) is 0 Å². The standard InChI is InChI=1S/C16H29NO2/c1-6-8-16(9-7-10-17-16)13(18)12-11-14(2,3)19-15(12,4)5/h12,17H,6-11H2,1-5H3. The zero-order chi connectivity index (χ0) is 14.3. The summed E-state index contributed by atoms with van der Waals surface area (Å²) in [6, 6.07) is 0. The van der Waals surface area contributed by atoms with Crippen LogP contribution in [0.3, 0.4) is 0 Å². The van der Waals surface area contributed by atoms with Gasteiger partial charge in [0.1, 0.15) is 0 Å². The molecule has 3 heteroatoms. The van der Waals surface area contributed by atoms with Gasteiger partial charge in [0.2, 0.25) is 0 Å². The highest BCUT2D eigenvalue weighted by atomic mass is 16.5. The number of nitrogens with one attached hydrogen (secondary N) is 1. The van der Waals surface area contributed by atoms with Crippen LogP contribution in [-0.4, -0.2) is 29.1 Å². The minimum atomic E-state index is -0.342. The van der Waals surface area contributed by atoms with Crippen molar-refractivity contribution in [1.29, 1.82) is 0 Å². The summed E-state index contributed by atoms with van der Waals surface area (Å²) in [6.45, 7) is 11.5. The SMILES string of the molecule is CCCC1(C(=O)C2CC(C)(C)OC2(C)C)CCCN1. The summed E-state index contributed by atoms with van der Waals surface area (Å²) >= 11 is 0. The third kappa shape index (κ3) is 2.73. The predicted molar refractivity (Wildman–Crippen MR) is 77.2 cm³/mol. The van der Waals surface area contributed by atoms with E-state index in [4.69, 9.17) is 4.74 Å². The summed E-state index contributed by atoms with van der Waals surface area (Å²) < 4.78 is 6.10. The van der Waals surface area contributed by atoms with Gasteiger partial charge in [-0.3, -0.25) is 4.79 Å². The summed E-state index contributed by atoms with van der Waals surface area (Å²) in [5, 5.41) is 3.51. The van der Waals surface area contributed by atoms with Crippen LogP contribution in [-0.2, 0) is 9.53 Å². The second kappa shape index (κ2) is 4.85. The molecule has 2 aliphatic rings. The van der Waals surface area contributed by atoms with Crippen molar-refractivity contribution in [3.63, 3.8) is 0 Å². The topological polar surface area (TPSA) is 38.3 Å². The van der Waals surface area contributed by atoms with Crippen LogP contribution in [0, 0.1) is 5.92 Å². The van der Waals surface area contributed by atoms with Crippen LogP contribution in [0.1, 0.15) is 66.7 Å². The number of hydrogen-bond acceptors (Lipinski definition) is 3. The largest absolute Gasteiger partial charge is 0.369 e. The van der Waals surface area contributed by atoms with Crippen LogP contribution in [0.5, 0.6) is 0 Å². The monoisotopic (exact) mass is 267 g/mol. The van der Waals surface area contributed by atoms with Crippen LogP contribution >= 0.6 is 0 Å². The molecule has 0 amide bonds. The van der Waals surface area contributed by atoms with Gasteiger partial charge in [0, 0.05) is 0 Å². The van der Waals surface area contributed by atoms with E-state index in [1.807, 2.05) is 0 Å². The van der Waals surface area contributed by atoms with Gasteiger partial charge in [-0.05, 0) is 59.9 Å². The molecule has 2 saturated heterocycles. The Labute approximate surface area is 117 Å². The molecular formula is C16H29NO2. The summed E-state index contributed by atoms with van der Waals surface area (Å²) in [6.07, 6.45) is 4.96. The molecule has 0 aromatic carbocycles. The lowest BCUT2D eigenvalue weighted by atomic mass is 9.74. The molecule has 2 aliphatic heterocycles. The van der Waals surface area contributed by atoms with E-state index in [1.165, 1.54) is 0 Å². The van der Waals surface area contributed by atoms with Gasteiger partial charge in [-0.1, -0.05) is 13.3 Å². The van der Waals surface area contributed by atoms with E-state index in [-0.39, 0.29) is 22.7 Å². The Bertz CT molecular complexity index is 354. The molecule has 0 aromatic heterocycles. The van der Waals surface area contributed by atoms with Gasteiger partial charge in [0.05, 0.1) is 22.7 Å². The molecule has 1 N–H and O–H groups in total. The Hall–Kier alpha value is -0.410. The van der Waals surface area contributed by atoms with Gasteiger partial charge in [-0.2, -0.15) is 0 Å². The van der Waals surface area contributed by atoms with Crippen molar-refractivity contribution >= 4 is 5.78 Å². The van der Waals surface area contributed by atoms with Crippen LogP contribution in [0.4, 0.5) is 0 Å². The smallest absolute Gasteiger partial charge is 0.158 e. The highest BCUT2D eigenvalue weighted by molar-refractivity contribution is 5.92. The molecule has 2 fully saturated rings.